The summed E-state index contributed by atoms with van der Waals surface area (Å²) in [7, 11) is -3.77. The van der Waals surface area contributed by atoms with Gasteiger partial charge in [0, 0.05) is 32.4 Å². The van der Waals surface area contributed by atoms with Crippen LogP contribution < -0.4 is 0 Å². The minimum atomic E-state index is -3.77. The number of carboxylic acids is 1. The van der Waals surface area contributed by atoms with Gasteiger partial charge in [0.15, 0.2) is 0 Å². The largest absolute Gasteiger partial charge is 0.481 e. The van der Waals surface area contributed by atoms with E-state index in [9.17, 15) is 18.0 Å². The van der Waals surface area contributed by atoms with Crippen LogP contribution in [0.15, 0.2) is 17.2 Å². The number of nitrogens with zero attached hydrogens (tertiary/aromatic N) is 2. The number of nitrogens with one attached hydrogen (secondary N) is 1. The summed E-state index contributed by atoms with van der Waals surface area (Å²) in [6, 6.07) is 1.34. The Labute approximate surface area is 134 Å². The number of H-pyrrole nitrogens is 1. The highest BCUT2D eigenvalue weighted by molar-refractivity contribution is 7.89. The number of sulfonamides is 1. The van der Waals surface area contributed by atoms with Crippen molar-refractivity contribution in [1.82, 2.24) is 14.2 Å². The molecule has 1 atom stereocenters. The standard InChI is InChI=1S/C14H19N3O5S/c18-13(16-4-1-2-5-16)12-7-11(8-15-12)23(21,22)17-6-3-10(9-17)14(19)20/h7-8,10,15H,1-6,9H2,(H,19,20). The van der Waals surface area contributed by atoms with Gasteiger partial charge in [-0.05, 0) is 25.3 Å². The summed E-state index contributed by atoms with van der Waals surface area (Å²) in [5.41, 5.74) is 0.249. The molecule has 0 spiro atoms. The molecule has 23 heavy (non-hydrogen) atoms. The minimum Gasteiger partial charge on any atom is -0.481 e. The average Bonchev–Trinajstić information content (AvgIpc) is 3.25. The van der Waals surface area contributed by atoms with Crippen LogP contribution in [0.2, 0.25) is 0 Å². The first kappa shape index (κ1) is 16.0. The van der Waals surface area contributed by atoms with Gasteiger partial charge in [-0.15, -0.1) is 0 Å². The highest BCUT2D eigenvalue weighted by atomic mass is 32.2. The van der Waals surface area contributed by atoms with Crippen LogP contribution >= 0.6 is 0 Å². The van der Waals surface area contributed by atoms with E-state index >= 15 is 0 Å². The van der Waals surface area contributed by atoms with Gasteiger partial charge in [0.05, 0.1) is 5.92 Å². The van der Waals surface area contributed by atoms with Crippen LogP contribution in [-0.2, 0) is 14.8 Å². The number of aliphatic carboxylic acids is 1. The monoisotopic (exact) mass is 341 g/mol. The molecule has 2 aliphatic rings. The summed E-state index contributed by atoms with van der Waals surface area (Å²) in [4.78, 5) is 27.7. The van der Waals surface area contributed by atoms with Crippen molar-refractivity contribution in [3.63, 3.8) is 0 Å². The first-order valence-electron chi connectivity index (χ1n) is 7.60. The van der Waals surface area contributed by atoms with Crippen molar-refractivity contribution in [2.45, 2.75) is 24.2 Å². The van der Waals surface area contributed by atoms with Gasteiger partial charge in [-0.3, -0.25) is 9.59 Å². The minimum absolute atomic E-state index is 0.00563. The van der Waals surface area contributed by atoms with Crippen LogP contribution in [0.1, 0.15) is 29.8 Å². The zero-order valence-corrected chi connectivity index (χ0v) is 13.4. The number of likely N-dealkylation sites (tertiary alicyclic amines) is 1. The first-order chi connectivity index (χ1) is 10.9. The maximum atomic E-state index is 12.5. The molecule has 3 rings (SSSR count). The molecule has 0 bridgehead atoms. The molecule has 0 saturated carbocycles. The normalized spacial score (nSPS) is 22.6. The second kappa shape index (κ2) is 5.97. The lowest BCUT2D eigenvalue weighted by Gasteiger charge is -2.15. The topological polar surface area (TPSA) is 111 Å². The van der Waals surface area contributed by atoms with Crippen LogP contribution in [-0.4, -0.2) is 65.8 Å². The number of carbonyl (C=O) groups is 2. The molecule has 2 aliphatic heterocycles. The zero-order valence-electron chi connectivity index (χ0n) is 12.6. The Morgan fingerprint density at radius 3 is 2.52 bits per heavy atom. The lowest BCUT2D eigenvalue weighted by molar-refractivity contribution is -0.141. The number of rotatable bonds is 4. The van der Waals surface area contributed by atoms with Gasteiger partial charge in [-0.2, -0.15) is 4.31 Å². The second-order valence-electron chi connectivity index (χ2n) is 5.94. The van der Waals surface area contributed by atoms with Crippen LogP contribution in [0, 0.1) is 5.92 Å². The molecular formula is C14H19N3O5S. The SMILES string of the molecule is O=C(O)C1CCN(S(=O)(=O)c2c[nH]c(C(=O)N3CCCC3)c2)C1. The molecule has 8 nitrogen and oxygen atoms in total. The molecule has 0 radical (unpaired) electrons. The van der Waals surface area contributed by atoms with Gasteiger partial charge in [-0.1, -0.05) is 0 Å². The molecule has 1 aromatic heterocycles. The molecule has 2 fully saturated rings. The molecule has 3 heterocycles. The number of carboxylic acid groups (broad SMARTS) is 1. The van der Waals surface area contributed by atoms with Crippen molar-refractivity contribution in [3.05, 3.63) is 18.0 Å². The number of amides is 1. The fourth-order valence-electron chi connectivity index (χ4n) is 3.03. The molecule has 2 saturated heterocycles. The van der Waals surface area contributed by atoms with E-state index in [-0.39, 0.29) is 29.6 Å². The Bertz CT molecular complexity index is 721. The second-order valence-corrected chi connectivity index (χ2v) is 7.87. The summed E-state index contributed by atoms with van der Waals surface area (Å²) in [5, 5.41) is 8.99. The zero-order chi connectivity index (χ0) is 16.6. The van der Waals surface area contributed by atoms with Crippen molar-refractivity contribution in [2.24, 2.45) is 5.92 Å². The van der Waals surface area contributed by atoms with Crippen LogP contribution in [0.25, 0.3) is 0 Å². The first-order valence-corrected chi connectivity index (χ1v) is 9.04. The maximum Gasteiger partial charge on any atom is 0.307 e. The van der Waals surface area contributed by atoms with Crippen molar-refractivity contribution < 1.29 is 23.1 Å². The van der Waals surface area contributed by atoms with Gasteiger partial charge in [0.1, 0.15) is 10.6 Å². The van der Waals surface area contributed by atoms with Crippen LogP contribution in [0.5, 0.6) is 0 Å². The van der Waals surface area contributed by atoms with Gasteiger partial charge >= 0.3 is 5.97 Å². The lowest BCUT2D eigenvalue weighted by Crippen LogP contribution is -2.30. The fourth-order valence-corrected chi connectivity index (χ4v) is 4.53. The van der Waals surface area contributed by atoms with Crippen LogP contribution in [0.3, 0.4) is 0 Å². The number of hydrogen-bond donors (Lipinski definition) is 2. The number of carbonyl (C=O) groups excluding carboxylic acids is 1. The number of aromatic nitrogens is 1. The van der Waals surface area contributed by atoms with Crippen molar-refractivity contribution in [2.75, 3.05) is 26.2 Å². The van der Waals surface area contributed by atoms with Gasteiger partial charge in [-0.25, -0.2) is 8.42 Å². The summed E-state index contributed by atoms with van der Waals surface area (Å²) in [6.07, 6.45) is 3.52. The van der Waals surface area contributed by atoms with Crippen molar-refractivity contribution in [1.29, 1.82) is 0 Å². The van der Waals surface area contributed by atoms with E-state index in [1.807, 2.05) is 0 Å². The third-order valence-electron chi connectivity index (χ3n) is 4.42. The van der Waals surface area contributed by atoms with Gasteiger partial charge in [0.2, 0.25) is 10.0 Å². The van der Waals surface area contributed by atoms with Crippen molar-refractivity contribution >= 4 is 21.9 Å². The molecule has 126 valence electrons. The fraction of sp³-hybridized carbons (Fsp3) is 0.571. The Hall–Kier alpha value is -1.87. The van der Waals surface area contributed by atoms with Gasteiger partial charge in [0.25, 0.3) is 5.91 Å². The summed E-state index contributed by atoms with van der Waals surface area (Å²) >= 11 is 0. The summed E-state index contributed by atoms with van der Waals surface area (Å²) < 4.78 is 26.3. The van der Waals surface area contributed by atoms with E-state index in [0.717, 1.165) is 12.8 Å². The third kappa shape index (κ3) is 2.98. The van der Waals surface area contributed by atoms with E-state index in [1.54, 1.807) is 4.90 Å². The molecule has 1 unspecified atom stereocenters. The average molecular weight is 341 g/mol. The quantitative estimate of drug-likeness (QED) is 0.821. The molecule has 0 aliphatic carbocycles. The van der Waals surface area contributed by atoms with E-state index in [4.69, 9.17) is 5.11 Å². The van der Waals surface area contributed by atoms with E-state index in [0.29, 0.717) is 19.5 Å². The Morgan fingerprint density at radius 1 is 1.22 bits per heavy atom. The predicted molar refractivity (Wildman–Crippen MR) is 80.4 cm³/mol. The van der Waals surface area contributed by atoms with Gasteiger partial charge < -0.3 is 15.0 Å². The van der Waals surface area contributed by atoms with Crippen molar-refractivity contribution in [3.8, 4) is 0 Å². The highest BCUT2D eigenvalue weighted by Gasteiger charge is 2.36. The van der Waals surface area contributed by atoms with E-state index in [2.05, 4.69) is 4.98 Å². The maximum absolute atomic E-state index is 12.5. The lowest BCUT2D eigenvalue weighted by atomic mass is 10.1. The molecule has 1 amide bonds. The molecule has 2 N–H and O–H groups in total. The third-order valence-corrected chi connectivity index (χ3v) is 6.26. The summed E-state index contributed by atoms with van der Waals surface area (Å²) in [6.45, 7) is 1.52. The number of aromatic amines is 1. The highest BCUT2D eigenvalue weighted by Crippen LogP contribution is 2.25. The predicted octanol–water partition coefficient (Wildman–Crippen LogP) is 0.346. The molecular weight excluding hydrogens is 322 g/mol. The Balaban J connectivity index is 1.76. The van der Waals surface area contributed by atoms with E-state index < -0.39 is 21.9 Å². The summed E-state index contributed by atoms with van der Waals surface area (Å²) in [5.74, 6) is -1.86. The number of hydrogen-bond acceptors (Lipinski definition) is 4. The molecule has 0 aromatic carbocycles. The van der Waals surface area contributed by atoms with E-state index in [1.165, 1.54) is 16.6 Å². The molecule has 9 heteroatoms. The molecule has 1 aromatic rings. The van der Waals surface area contributed by atoms with Crippen LogP contribution in [0.4, 0.5) is 0 Å². The Morgan fingerprint density at radius 2 is 1.91 bits per heavy atom. The Kier molecular flexibility index (Phi) is 4.15. The smallest absolute Gasteiger partial charge is 0.307 e.